The fourth-order valence-electron chi connectivity index (χ4n) is 3.63. The predicted octanol–water partition coefficient (Wildman–Crippen LogP) is -0.448. The molecule has 3 rings (SSSR count). The molecular weight excluding hydrogens is 458 g/mol. The number of carboxylic acid groups (broad SMARTS) is 1. The number of thioether (sulfide) groups is 1. The van der Waals surface area contributed by atoms with Crippen molar-refractivity contribution in [2.24, 2.45) is 16.9 Å². The van der Waals surface area contributed by atoms with Crippen LogP contribution in [0.1, 0.15) is 6.92 Å². The van der Waals surface area contributed by atoms with E-state index in [1.54, 1.807) is 24.3 Å². The Morgan fingerprint density at radius 1 is 1.38 bits per heavy atom. The van der Waals surface area contributed by atoms with E-state index in [0.29, 0.717) is 11.4 Å². The SMILES string of the molecule is CC(=O)OCC1(C(=O)O)CS[C@@H]2C(N(C(=O)CN)c3ccc(NC(N)=S)cc3)C(=O)N2C1. The van der Waals surface area contributed by atoms with E-state index in [1.165, 1.54) is 28.5 Å². The maximum Gasteiger partial charge on any atom is 0.315 e. The summed E-state index contributed by atoms with van der Waals surface area (Å²) >= 11 is 6.03. The molecule has 32 heavy (non-hydrogen) atoms. The largest absolute Gasteiger partial charge is 0.481 e. The van der Waals surface area contributed by atoms with Gasteiger partial charge < -0.3 is 31.5 Å². The van der Waals surface area contributed by atoms with Crippen LogP contribution in [0.3, 0.4) is 0 Å². The van der Waals surface area contributed by atoms with Gasteiger partial charge in [0.2, 0.25) is 11.8 Å². The Labute approximate surface area is 193 Å². The number of nitrogens with one attached hydrogen (secondary N) is 1. The number of carboxylic acids is 1. The van der Waals surface area contributed by atoms with Gasteiger partial charge in [-0.15, -0.1) is 11.8 Å². The average molecular weight is 482 g/mol. The van der Waals surface area contributed by atoms with Crippen LogP contribution in [0.5, 0.6) is 0 Å². The van der Waals surface area contributed by atoms with Crippen molar-refractivity contribution in [3.63, 3.8) is 0 Å². The number of rotatable bonds is 7. The van der Waals surface area contributed by atoms with Gasteiger partial charge in [0, 0.05) is 30.6 Å². The molecule has 2 fully saturated rings. The minimum absolute atomic E-state index is 0.0896. The second kappa shape index (κ2) is 9.30. The molecule has 1 aromatic rings. The molecule has 2 heterocycles. The number of carbonyl (C=O) groups is 4. The molecule has 13 heteroatoms. The number of ether oxygens (including phenoxy) is 1. The van der Waals surface area contributed by atoms with Crippen molar-refractivity contribution in [2.45, 2.75) is 18.3 Å². The Balaban J connectivity index is 1.82. The standard InChI is InChI=1S/C19H23N5O6S2/c1-10(25)30-8-19(17(28)29)7-23-15(27)14(16(23)32-9-19)24(13(26)6-20)12-4-2-11(3-5-12)22-18(21)31/h2-5,14,16H,6-9,20H2,1H3,(H,28,29)(H3,21,22,31)/t14?,16-,19?/m1/s1. The number of fused-ring (bicyclic) bond motifs is 1. The first-order valence-electron chi connectivity index (χ1n) is 9.57. The smallest absolute Gasteiger partial charge is 0.315 e. The van der Waals surface area contributed by atoms with Gasteiger partial charge in [0.15, 0.2) is 5.11 Å². The van der Waals surface area contributed by atoms with Gasteiger partial charge in [-0.1, -0.05) is 0 Å². The van der Waals surface area contributed by atoms with Crippen LogP contribution in [0.25, 0.3) is 0 Å². The lowest BCUT2D eigenvalue weighted by atomic mass is 9.87. The van der Waals surface area contributed by atoms with Crippen LogP contribution in [-0.4, -0.2) is 75.7 Å². The van der Waals surface area contributed by atoms with Crippen LogP contribution in [0.4, 0.5) is 11.4 Å². The Morgan fingerprint density at radius 2 is 2.03 bits per heavy atom. The Morgan fingerprint density at radius 3 is 2.56 bits per heavy atom. The summed E-state index contributed by atoms with van der Waals surface area (Å²) in [4.78, 5) is 51.5. The van der Waals surface area contributed by atoms with Crippen molar-refractivity contribution in [3.8, 4) is 0 Å². The normalized spacial score (nSPS) is 24.1. The highest BCUT2D eigenvalue weighted by Gasteiger charge is 2.60. The van der Waals surface area contributed by atoms with Crippen molar-refractivity contribution in [3.05, 3.63) is 24.3 Å². The van der Waals surface area contributed by atoms with Crippen molar-refractivity contribution in [2.75, 3.05) is 35.7 Å². The van der Waals surface area contributed by atoms with E-state index < -0.39 is 40.6 Å². The number of hydrogen-bond acceptors (Lipinski definition) is 8. The van der Waals surface area contributed by atoms with Crippen molar-refractivity contribution in [1.29, 1.82) is 0 Å². The first-order valence-corrected chi connectivity index (χ1v) is 11.0. The highest BCUT2D eigenvalue weighted by Crippen LogP contribution is 2.45. The number of nitrogens with two attached hydrogens (primary N) is 2. The minimum Gasteiger partial charge on any atom is -0.481 e. The second-order valence-corrected chi connectivity index (χ2v) is 9.03. The highest BCUT2D eigenvalue weighted by atomic mass is 32.2. The summed E-state index contributed by atoms with van der Waals surface area (Å²) in [7, 11) is 0. The third-order valence-electron chi connectivity index (χ3n) is 5.26. The number of anilines is 2. The molecule has 0 bridgehead atoms. The summed E-state index contributed by atoms with van der Waals surface area (Å²) < 4.78 is 4.95. The second-order valence-electron chi connectivity index (χ2n) is 7.48. The lowest BCUT2D eigenvalue weighted by Crippen LogP contribution is -2.75. The fraction of sp³-hybridized carbons (Fsp3) is 0.421. The highest BCUT2D eigenvalue weighted by molar-refractivity contribution is 8.00. The zero-order chi connectivity index (χ0) is 23.6. The van der Waals surface area contributed by atoms with Gasteiger partial charge in [0.25, 0.3) is 0 Å². The molecule has 2 unspecified atom stereocenters. The number of hydrogen-bond donors (Lipinski definition) is 4. The molecule has 6 N–H and O–H groups in total. The Kier molecular flexibility index (Phi) is 6.91. The molecule has 1 aromatic carbocycles. The summed E-state index contributed by atoms with van der Waals surface area (Å²) in [6, 6.07) is 5.77. The summed E-state index contributed by atoms with van der Waals surface area (Å²) in [5.41, 5.74) is 10.7. The number of β-lactam (4-membered cyclic amide) rings is 1. The third kappa shape index (κ3) is 4.49. The first-order chi connectivity index (χ1) is 15.1. The molecule has 0 spiro atoms. The van der Waals surface area contributed by atoms with E-state index in [2.05, 4.69) is 5.32 Å². The molecule has 11 nitrogen and oxygen atoms in total. The zero-order valence-corrected chi connectivity index (χ0v) is 18.8. The number of amides is 2. The third-order valence-corrected chi connectivity index (χ3v) is 6.93. The number of benzene rings is 1. The van der Waals surface area contributed by atoms with Crippen molar-refractivity contribution < 1.29 is 29.0 Å². The number of thiocarbonyl (C=S) groups is 1. The molecule has 0 radical (unpaired) electrons. The molecule has 2 aliphatic rings. The van der Waals surface area contributed by atoms with Gasteiger partial charge in [0.05, 0.1) is 6.54 Å². The predicted molar refractivity (Wildman–Crippen MR) is 122 cm³/mol. The molecule has 2 saturated heterocycles. The van der Waals surface area contributed by atoms with Gasteiger partial charge >= 0.3 is 11.9 Å². The summed E-state index contributed by atoms with van der Waals surface area (Å²) in [6.45, 7) is 0.426. The number of esters is 1. The quantitative estimate of drug-likeness (QED) is 0.226. The van der Waals surface area contributed by atoms with Crippen LogP contribution < -0.4 is 21.7 Å². The molecule has 0 saturated carbocycles. The summed E-state index contributed by atoms with van der Waals surface area (Å²) in [6.07, 6.45) is 0. The van der Waals surface area contributed by atoms with E-state index in [4.69, 9.17) is 28.4 Å². The summed E-state index contributed by atoms with van der Waals surface area (Å²) in [5.74, 6) is -2.49. The van der Waals surface area contributed by atoms with E-state index in [9.17, 15) is 24.3 Å². The van der Waals surface area contributed by atoms with Crippen LogP contribution in [0, 0.1) is 5.41 Å². The van der Waals surface area contributed by atoms with Crippen LogP contribution in [0.2, 0.25) is 0 Å². The van der Waals surface area contributed by atoms with Gasteiger partial charge in [0.1, 0.15) is 23.4 Å². The molecular formula is C19H23N5O6S2. The minimum atomic E-state index is -1.41. The molecule has 0 aromatic heterocycles. The van der Waals surface area contributed by atoms with Gasteiger partial charge in [-0.3, -0.25) is 24.1 Å². The molecule has 2 aliphatic heterocycles. The van der Waals surface area contributed by atoms with Crippen LogP contribution >= 0.6 is 24.0 Å². The summed E-state index contributed by atoms with van der Waals surface area (Å²) in [5, 5.41) is 12.2. The van der Waals surface area contributed by atoms with Crippen LogP contribution in [-0.2, 0) is 23.9 Å². The van der Waals surface area contributed by atoms with Gasteiger partial charge in [-0.2, -0.15) is 0 Å². The van der Waals surface area contributed by atoms with E-state index in [0.717, 1.165) is 0 Å². The Bertz CT molecular complexity index is 958. The van der Waals surface area contributed by atoms with E-state index in [-0.39, 0.29) is 30.6 Å². The van der Waals surface area contributed by atoms with E-state index >= 15 is 0 Å². The number of carbonyl (C=O) groups excluding carboxylic acids is 3. The molecule has 2 amide bonds. The van der Waals surface area contributed by atoms with Crippen LogP contribution in [0.15, 0.2) is 24.3 Å². The maximum atomic E-state index is 13.0. The maximum absolute atomic E-state index is 13.0. The molecule has 3 atom stereocenters. The zero-order valence-electron chi connectivity index (χ0n) is 17.1. The van der Waals surface area contributed by atoms with Gasteiger partial charge in [-0.25, -0.2) is 0 Å². The lowest BCUT2D eigenvalue weighted by molar-refractivity contribution is -0.163. The number of nitrogens with zero attached hydrogens (tertiary/aromatic N) is 2. The number of aliphatic carboxylic acids is 1. The van der Waals surface area contributed by atoms with Crippen molar-refractivity contribution in [1.82, 2.24) is 4.90 Å². The van der Waals surface area contributed by atoms with E-state index in [1.807, 2.05) is 0 Å². The molecule has 0 aliphatic carbocycles. The fourth-order valence-corrected chi connectivity index (χ4v) is 5.32. The Hall–Kier alpha value is -2.90. The topological polar surface area (TPSA) is 168 Å². The van der Waals surface area contributed by atoms with Gasteiger partial charge in [-0.05, 0) is 36.5 Å². The monoisotopic (exact) mass is 481 g/mol. The lowest BCUT2D eigenvalue weighted by Gasteiger charge is -2.56. The van der Waals surface area contributed by atoms with Crippen molar-refractivity contribution >= 4 is 64.2 Å². The molecule has 172 valence electrons. The average Bonchev–Trinajstić information content (AvgIpc) is 2.75. The first kappa shape index (κ1) is 23.8.